The summed E-state index contributed by atoms with van der Waals surface area (Å²) >= 11 is 0. The molecule has 2 heterocycles. The smallest absolute Gasteiger partial charge is 0.406 e. The Kier molecular flexibility index (Phi) is 5.35. The first kappa shape index (κ1) is 21.0. The Morgan fingerprint density at radius 2 is 1.80 bits per heavy atom. The normalized spacial score (nSPS) is 11.5. The zero-order chi connectivity index (χ0) is 22.2. The number of methoxy groups -OCH3 is 2. The summed E-state index contributed by atoms with van der Waals surface area (Å²) in [7, 11) is 4.35. The van der Waals surface area contributed by atoms with E-state index in [0.717, 1.165) is 0 Å². The number of aryl methyl sites for hydroxylation is 1. The van der Waals surface area contributed by atoms with Gasteiger partial charge in [0, 0.05) is 12.6 Å². The highest BCUT2D eigenvalue weighted by molar-refractivity contribution is 5.77. The minimum atomic E-state index is -4.71. The van der Waals surface area contributed by atoms with Crippen LogP contribution >= 0.6 is 0 Å². The predicted octanol–water partition coefficient (Wildman–Crippen LogP) is 1.78. The van der Waals surface area contributed by atoms with Crippen LogP contribution in [0.1, 0.15) is 0 Å². The summed E-state index contributed by atoms with van der Waals surface area (Å²) < 4.78 is 52.1. The molecule has 8 nitrogen and oxygen atoms in total. The van der Waals surface area contributed by atoms with Crippen LogP contribution in [0.15, 0.2) is 27.8 Å². The number of nitrogens with zero attached hydrogens (tertiary/aromatic N) is 4. The molecule has 0 bridgehead atoms. The lowest BCUT2D eigenvalue weighted by Crippen LogP contribution is -2.42. The van der Waals surface area contributed by atoms with Crippen molar-refractivity contribution in [2.45, 2.75) is 19.3 Å². The molecule has 0 spiro atoms. The van der Waals surface area contributed by atoms with E-state index in [2.05, 4.69) is 10.9 Å². The van der Waals surface area contributed by atoms with Crippen LogP contribution in [0.4, 0.5) is 13.2 Å². The molecule has 0 aliphatic heterocycles. The maximum atomic E-state index is 13.1. The molecule has 0 atom stereocenters. The van der Waals surface area contributed by atoms with Crippen molar-refractivity contribution in [1.29, 1.82) is 0 Å². The molecule has 0 aliphatic carbocycles. The first-order valence-corrected chi connectivity index (χ1v) is 8.55. The Morgan fingerprint density at radius 1 is 1.13 bits per heavy atom. The summed E-state index contributed by atoms with van der Waals surface area (Å²) in [6, 6.07) is 4.76. The monoisotopic (exact) mass is 422 g/mol. The van der Waals surface area contributed by atoms with Crippen molar-refractivity contribution in [3.05, 3.63) is 39.0 Å². The fourth-order valence-corrected chi connectivity index (χ4v) is 3.15. The molecule has 30 heavy (non-hydrogen) atoms. The molecule has 3 aromatic rings. The van der Waals surface area contributed by atoms with Gasteiger partial charge in [0.25, 0.3) is 5.56 Å². The molecule has 0 saturated carbocycles. The number of terminal acetylenes is 1. The van der Waals surface area contributed by atoms with Crippen LogP contribution in [-0.4, -0.2) is 39.1 Å². The standard InChI is InChI=1S/C19H17F3N4O4/c1-5-8-25-17(27)14-16(26(18(25)28)10-19(20,21)22)23-15(24(14)2)11-6-7-12(29-3)13(9-11)30-4/h1,6-7,9H,8,10H2,2-4H3. The Hall–Kier alpha value is -3.68. The van der Waals surface area contributed by atoms with E-state index in [1.165, 1.54) is 25.8 Å². The van der Waals surface area contributed by atoms with Gasteiger partial charge in [-0.1, -0.05) is 5.92 Å². The summed E-state index contributed by atoms with van der Waals surface area (Å²) in [6.07, 6.45) is 0.473. The van der Waals surface area contributed by atoms with Crippen LogP contribution in [0.25, 0.3) is 22.6 Å². The van der Waals surface area contributed by atoms with E-state index in [1.807, 2.05) is 0 Å². The van der Waals surface area contributed by atoms with Crippen LogP contribution in [0, 0.1) is 12.3 Å². The van der Waals surface area contributed by atoms with Gasteiger partial charge in [-0.25, -0.2) is 14.3 Å². The summed E-state index contributed by atoms with van der Waals surface area (Å²) in [6.45, 7) is -2.09. The minimum absolute atomic E-state index is 0.164. The molecule has 0 unspecified atom stereocenters. The van der Waals surface area contributed by atoms with Gasteiger partial charge >= 0.3 is 11.9 Å². The number of halogens is 3. The number of benzene rings is 1. The van der Waals surface area contributed by atoms with Gasteiger partial charge in [0.2, 0.25) is 0 Å². The molecule has 158 valence electrons. The summed E-state index contributed by atoms with van der Waals surface area (Å²) in [4.78, 5) is 29.6. The first-order chi connectivity index (χ1) is 14.1. The van der Waals surface area contributed by atoms with Crippen LogP contribution in [0.3, 0.4) is 0 Å². The van der Waals surface area contributed by atoms with Gasteiger partial charge < -0.3 is 14.0 Å². The lowest BCUT2D eigenvalue weighted by Gasteiger charge is -2.12. The Balaban J connectivity index is 2.38. The SMILES string of the molecule is C#CCn1c(=O)c2c(nc(-c3ccc(OC)c(OC)c3)n2C)n(CC(F)(F)F)c1=O. The van der Waals surface area contributed by atoms with E-state index in [1.54, 1.807) is 18.2 Å². The third-order valence-electron chi connectivity index (χ3n) is 4.47. The van der Waals surface area contributed by atoms with Crippen molar-refractivity contribution in [2.75, 3.05) is 14.2 Å². The number of hydrogen-bond acceptors (Lipinski definition) is 5. The second kappa shape index (κ2) is 7.62. The van der Waals surface area contributed by atoms with Gasteiger partial charge in [0.1, 0.15) is 12.4 Å². The maximum absolute atomic E-state index is 13.1. The molecule has 2 aromatic heterocycles. The van der Waals surface area contributed by atoms with Gasteiger partial charge in [0.15, 0.2) is 22.7 Å². The minimum Gasteiger partial charge on any atom is -0.493 e. The van der Waals surface area contributed by atoms with Crippen molar-refractivity contribution in [3.63, 3.8) is 0 Å². The second-order valence-corrected chi connectivity index (χ2v) is 6.32. The number of hydrogen-bond donors (Lipinski definition) is 0. The topological polar surface area (TPSA) is 80.3 Å². The molecule has 0 amide bonds. The Bertz CT molecular complexity index is 1280. The Labute approximate surface area is 168 Å². The highest BCUT2D eigenvalue weighted by Gasteiger charge is 2.32. The molecular weight excluding hydrogens is 405 g/mol. The van der Waals surface area contributed by atoms with Crippen molar-refractivity contribution in [1.82, 2.24) is 18.7 Å². The number of imidazole rings is 1. The molecule has 0 N–H and O–H groups in total. The highest BCUT2D eigenvalue weighted by atomic mass is 19.4. The van der Waals surface area contributed by atoms with Crippen LogP contribution in [0.2, 0.25) is 0 Å². The lowest BCUT2D eigenvalue weighted by molar-refractivity contribution is -0.140. The average Bonchev–Trinajstić information content (AvgIpc) is 3.04. The van der Waals surface area contributed by atoms with Crippen LogP contribution < -0.4 is 20.7 Å². The maximum Gasteiger partial charge on any atom is 0.406 e. The largest absolute Gasteiger partial charge is 0.493 e. The molecule has 3 rings (SSSR count). The number of fused-ring (bicyclic) bond motifs is 1. The van der Waals surface area contributed by atoms with Crippen molar-refractivity contribution in [2.24, 2.45) is 7.05 Å². The third-order valence-corrected chi connectivity index (χ3v) is 4.47. The molecular formula is C19H17F3N4O4. The first-order valence-electron chi connectivity index (χ1n) is 8.55. The van der Waals surface area contributed by atoms with Crippen LogP contribution in [-0.2, 0) is 20.1 Å². The van der Waals surface area contributed by atoms with E-state index in [9.17, 15) is 22.8 Å². The van der Waals surface area contributed by atoms with Crippen LogP contribution in [0.5, 0.6) is 11.5 Å². The summed E-state index contributed by atoms with van der Waals surface area (Å²) in [5.74, 6) is 3.07. The number of ether oxygens (including phenoxy) is 2. The molecule has 0 radical (unpaired) electrons. The molecule has 0 fully saturated rings. The van der Waals surface area contributed by atoms with E-state index in [4.69, 9.17) is 15.9 Å². The third kappa shape index (κ3) is 3.52. The molecule has 1 aromatic carbocycles. The summed E-state index contributed by atoms with van der Waals surface area (Å²) in [5.41, 5.74) is -2.13. The fourth-order valence-electron chi connectivity index (χ4n) is 3.15. The molecule has 0 aliphatic rings. The van der Waals surface area contributed by atoms with Gasteiger partial charge in [-0.3, -0.25) is 9.36 Å². The average molecular weight is 422 g/mol. The van der Waals surface area contributed by atoms with Gasteiger partial charge in [0.05, 0.1) is 20.8 Å². The highest BCUT2D eigenvalue weighted by Crippen LogP contribution is 2.32. The van der Waals surface area contributed by atoms with Gasteiger partial charge in [-0.15, -0.1) is 6.42 Å². The number of rotatable bonds is 5. The zero-order valence-corrected chi connectivity index (χ0v) is 16.3. The van der Waals surface area contributed by atoms with Crippen molar-refractivity contribution in [3.8, 4) is 35.2 Å². The fraction of sp³-hybridized carbons (Fsp3) is 0.316. The predicted molar refractivity (Wildman–Crippen MR) is 103 cm³/mol. The van der Waals surface area contributed by atoms with E-state index < -0.39 is 30.5 Å². The number of aromatic nitrogens is 4. The number of alkyl halides is 3. The Morgan fingerprint density at radius 3 is 2.37 bits per heavy atom. The van der Waals surface area contributed by atoms with Gasteiger partial charge in [-0.05, 0) is 18.2 Å². The molecule has 0 saturated heterocycles. The molecule has 11 heteroatoms. The second-order valence-electron chi connectivity index (χ2n) is 6.32. The van der Waals surface area contributed by atoms with Gasteiger partial charge in [-0.2, -0.15) is 13.2 Å². The van der Waals surface area contributed by atoms with Crippen molar-refractivity contribution < 1.29 is 22.6 Å². The van der Waals surface area contributed by atoms with E-state index in [-0.39, 0.29) is 17.0 Å². The quantitative estimate of drug-likeness (QED) is 0.586. The van der Waals surface area contributed by atoms with E-state index >= 15 is 0 Å². The van der Waals surface area contributed by atoms with Crippen molar-refractivity contribution >= 4 is 11.2 Å². The summed E-state index contributed by atoms with van der Waals surface area (Å²) in [5, 5.41) is 0. The van der Waals surface area contributed by atoms with E-state index in [0.29, 0.717) is 26.2 Å². The lowest BCUT2D eigenvalue weighted by atomic mass is 10.2. The zero-order valence-electron chi connectivity index (χ0n) is 16.3.